The third-order valence-electron chi connectivity index (χ3n) is 5.25. The van der Waals surface area contributed by atoms with Gasteiger partial charge in [-0.05, 0) is 23.8 Å². The standard InChI is InChI=1S/C23H26Cl2N2O4/c1-29-19-9-7-17(22(30-2)23(19)31-3)15-26-11-13-27(14-12-26)20(28)10-8-16-5-4-6-18(24)21(16)25/h4-10H,11-15H2,1-3H3/b10-8+. The molecule has 6 nitrogen and oxygen atoms in total. The molecule has 1 aliphatic rings. The molecule has 0 bridgehead atoms. The van der Waals surface area contributed by atoms with E-state index in [2.05, 4.69) is 4.90 Å². The molecule has 166 valence electrons. The van der Waals surface area contributed by atoms with Gasteiger partial charge in [-0.1, -0.05) is 41.4 Å². The van der Waals surface area contributed by atoms with E-state index in [0.29, 0.717) is 46.9 Å². The molecular formula is C23H26Cl2N2O4. The molecule has 0 unspecified atom stereocenters. The highest BCUT2D eigenvalue weighted by molar-refractivity contribution is 6.42. The Balaban J connectivity index is 1.60. The number of rotatable bonds is 7. The van der Waals surface area contributed by atoms with Crippen molar-refractivity contribution in [1.29, 1.82) is 0 Å². The van der Waals surface area contributed by atoms with Crippen molar-refractivity contribution in [2.45, 2.75) is 6.54 Å². The van der Waals surface area contributed by atoms with E-state index in [1.54, 1.807) is 45.6 Å². The number of amides is 1. The molecule has 31 heavy (non-hydrogen) atoms. The summed E-state index contributed by atoms with van der Waals surface area (Å²) in [6.45, 7) is 3.49. The van der Waals surface area contributed by atoms with Crippen LogP contribution in [0.3, 0.4) is 0 Å². The molecule has 0 spiro atoms. The molecule has 0 saturated carbocycles. The van der Waals surface area contributed by atoms with Gasteiger partial charge >= 0.3 is 0 Å². The number of halogens is 2. The number of methoxy groups -OCH3 is 3. The smallest absolute Gasteiger partial charge is 0.246 e. The molecule has 0 atom stereocenters. The number of hydrogen-bond donors (Lipinski definition) is 0. The molecule has 1 amide bonds. The van der Waals surface area contributed by atoms with E-state index in [1.165, 1.54) is 0 Å². The minimum atomic E-state index is -0.0422. The van der Waals surface area contributed by atoms with Crippen LogP contribution in [0.5, 0.6) is 17.2 Å². The number of benzene rings is 2. The van der Waals surface area contributed by atoms with Crippen molar-refractivity contribution in [2.24, 2.45) is 0 Å². The van der Waals surface area contributed by atoms with E-state index in [0.717, 1.165) is 24.2 Å². The molecule has 8 heteroatoms. The highest BCUT2D eigenvalue weighted by Gasteiger charge is 2.22. The van der Waals surface area contributed by atoms with Crippen LogP contribution in [0.2, 0.25) is 10.0 Å². The van der Waals surface area contributed by atoms with Gasteiger partial charge in [-0.2, -0.15) is 0 Å². The van der Waals surface area contributed by atoms with Crippen molar-refractivity contribution in [3.63, 3.8) is 0 Å². The van der Waals surface area contributed by atoms with Gasteiger partial charge in [0.2, 0.25) is 11.7 Å². The number of piperazine rings is 1. The first kappa shape index (κ1) is 23.3. The number of hydrogen-bond acceptors (Lipinski definition) is 5. The average molecular weight is 465 g/mol. The summed E-state index contributed by atoms with van der Waals surface area (Å²) in [5, 5.41) is 0.914. The molecule has 1 heterocycles. The monoisotopic (exact) mass is 464 g/mol. The van der Waals surface area contributed by atoms with E-state index < -0.39 is 0 Å². The third-order valence-corrected chi connectivity index (χ3v) is 6.08. The largest absolute Gasteiger partial charge is 0.493 e. The normalized spacial score (nSPS) is 14.7. The summed E-state index contributed by atoms with van der Waals surface area (Å²) >= 11 is 12.2. The Hall–Kier alpha value is -2.41. The Kier molecular flexibility index (Phi) is 8.07. The van der Waals surface area contributed by atoms with E-state index in [-0.39, 0.29) is 5.91 Å². The zero-order chi connectivity index (χ0) is 22.4. The minimum absolute atomic E-state index is 0.0422. The second-order valence-electron chi connectivity index (χ2n) is 7.07. The Morgan fingerprint density at radius 2 is 1.68 bits per heavy atom. The summed E-state index contributed by atoms with van der Waals surface area (Å²) in [6, 6.07) is 9.21. The lowest BCUT2D eigenvalue weighted by Gasteiger charge is -2.34. The number of nitrogens with zero attached hydrogens (tertiary/aromatic N) is 2. The molecule has 1 saturated heterocycles. The predicted molar refractivity (Wildman–Crippen MR) is 123 cm³/mol. The van der Waals surface area contributed by atoms with Gasteiger partial charge in [-0.3, -0.25) is 9.69 Å². The maximum atomic E-state index is 12.6. The summed E-state index contributed by atoms with van der Waals surface area (Å²) in [4.78, 5) is 16.7. The number of ether oxygens (including phenoxy) is 3. The van der Waals surface area contributed by atoms with Crippen LogP contribution in [-0.2, 0) is 11.3 Å². The van der Waals surface area contributed by atoms with E-state index in [4.69, 9.17) is 37.4 Å². The lowest BCUT2D eigenvalue weighted by Crippen LogP contribution is -2.47. The zero-order valence-electron chi connectivity index (χ0n) is 17.9. The Morgan fingerprint density at radius 3 is 2.32 bits per heavy atom. The van der Waals surface area contributed by atoms with Crippen LogP contribution in [-0.4, -0.2) is 63.2 Å². The molecule has 1 aliphatic heterocycles. The Labute approximate surface area is 192 Å². The maximum absolute atomic E-state index is 12.6. The molecule has 0 aliphatic carbocycles. The predicted octanol–water partition coefficient (Wildman–Crippen LogP) is 4.38. The first-order valence-electron chi connectivity index (χ1n) is 9.89. The topological polar surface area (TPSA) is 51.2 Å². The van der Waals surface area contributed by atoms with Gasteiger partial charge in [0.15, 0.2) is 11.5 Å². The van der Waals surface area contributed by atoms with Crippen LogP contribution in [0.15, 0.2) is 36.4 Å². The van der Waals surface area contributed by atoms with E-state index >= 15 is 0 Å². The van der Waals surface area contributed by atoms with Gasteiger partial charge in [0.25, 0.3) is 0 Å². The zero-order valence-corrected chi connectivity index (χ0v) is 19.4. The summed E-state index contributed by atoms with van der Waals surface area (Å²) in [5.41, 5.74) is 1.73. The SMILES string of the molecule is COc1ccc(CN2CCN(C(=O)/C=C/c3cccc(Cl)c3Cl)CC2)c(OC)c1OC. The molecule has 0 N–H and O–H groups in total. The average Bonchev–Trinajstić information content (AvgIpc) is 2.79. The molecule has 2 aromatic rings. The van der Waals surface area contributed by atoms with E-state index in [9.17, 15) is 4.79 Å². The quantitative estimate of drug-likeness (QED) is 0.569. The first-order valence-corrected chi connectivity index (χ1v) is 10.6. The van der Waals surface area contributed by atoms with Crippen LogP contribution in [0.4, 0.5) is 0 Å². The van der Waals surface area contributed by atoms with E-state index in [1.807, 2.05) is 23.1 Å². The van der Waals surface area contributed by atoms with Gasteiger partial charge < -0.3 is 19.1 Å². The summed E-state index contributed by atoms with van der Waals surface area (Å²) < 4.78 is 16.4. The van der Waals surface area contributed by atoms with Crippen molar-refractivity contribution < 1.29 is 19.0 Å². The summed E-state index contributed by atoms with van der Waals surface area (Å²) in [6.07, 6.45) is 3.25. The molecular weight excluding hydrogens is 439 g/mol. The lowest BCUT2D eigenvalue weighted by molar-refractivity contribution is -0.127. The van der Waals surface area contributed by atoms with Gasteiger partial charge in [-0.25, -0.2) is 0 Å². The second kappa shape index (κ2) is 10.8. The van der Waals surface area contributed by atoms with Gasteiger partial charge in [-0.15, -0.1) is 0 Å². The highest BCUT2D eigenvalue weighted by Crippen LogP contribution is 2.40. The van der Waals surface area contributed by atoms with Crippen LogP contribution in [0, 0.1) is 0 Å². The number of carbonyl (C=O) groups excluding carboxylic acids is 1. The molecule has 1 fully saturated rings. The van der Waals surface area contributed by atoms with Crippen LogP contribution in [0.25, 0.3) is 6.08 Å². The van der Waals surface area contributed by atoms with Crippen molar-refractivity contribution in [3.8, 4) is 17.2 Å². The molecule has 3 rings (SSSR count). The Morgan fingerprint density at radius 1 is 0.968 bits per heavy atom. The van der Waals surface area contributed by atoms with Gasteiger partial charge in [0.1, 0.15) is 0 Å². The fraction of sp³-hybridized carbons (Fsp3) is 0.348. The minimum Gasteiger partial charge on any atom is -0.493 e. The molecule has 0 aromatic heterocycles. The number of carbonyl (C=O) groups is 1. The third kappa shape index (κ3) is 5.45. The lowest BCUT2D eigenvalue weighted by atomic mass is 10.1. The van der Waals surface area contributed by atoms with Crippen molar-refractivity contribution >= 4 is 35.2 Å². The fourth-order valence-corrected chi connectivity index (χ4v) is 3.94. The fourth-order valence-electron chi connectivity index (χ4n) is 3.57. The van der Waals surface area contributed by atoms with Crippen LogP contribution >= 0.6 is 23.2 Å². The van der Waals surface area contributed by atoms with Crippen LogP contribution < -0.4 is 14.2 Å². The first-order chi connectivity index (χ1) is 15.0. The Bertz CT molecular complexity index is 957. The second-order valence-corrected chi connectivity index (χ2v) is 7.86. The van der Waals surface area contributed by atoms with Crippen molar-refractivity contribution in [2.75, 3.05) is 47.5 Å². The highest BCUT2D eigenvalue weighted by atomic mass is 35.5. The van der Waals surface area contributed by atoms with Gasteiger partial charge in [0, 0.05) is 44.4 Å². The van der Waals surface area contributed by atoms with Gasteiger partial charge in [0.05, 0.1) is 31.4 Å². The van der Waals surface area contributed by atoms with Crippen molar-refractivity contribution in [1.82, 2.24) is 9.80 Å². The van der Waals surface area contributed by atoms with Crippen LogP contribution in [0.1, 0.15) is 11.1 Å². The maximum Gasteiger partial charge on any atom is 0.246 e. The summed E-state index contributed by atoms with van der Waals surface area (Å²) in [5.74, 6) is 1.84. The van der Waals surface area contributed by atoms with Crippen molar-refractivity contribution in [3.05, 3.63) is 57.6 Å². The molecule has 0 radical (unpaired) electrons. The summed E-state index contributed by atoms with van der Waals surface area (Å²) in [7, 11) is 4.82. The molecule has 2 aromatic carbocycles.